The van der Waals surface area contributed by atoms with E-state index in [9.17, 15) is 4.79 Å². The van der Waals surface area contributed by atoms with Crippen molar-refractivity contribution in [3.63, 3.8) is 0 Å². The minimum atomic E-state index is -0.303. The summed E-state index contributed by atoms with van der Waals surface area (Å²) in [6.45, 7) is 4.81. The van der Waals surface area contributed by atoms with E-state index in [2.05, 4.69) is 10.6 Å². The summed E-state index contributed by atoms with van der Waals surface area (Å²) >= 11 is 0. The molecule has 0 heterocycles. The average Bonchev–Trinajstić information content (AvgIpc) is 1.68. The SMILES string of the molecule is [CH-]=CNC(=O)NC.[CH3-].[CH3-].[U+3]. The molecule has 3 nitrogen and oxygen atoms in total. The Balaban J connectivity index is -0.0000000600. The van der Waals surface area contributed by atoms with Gasteiger partial charge in [0.1, 0.15) is 0 Å². The molecule has 4 heteroatoms. The van der Waals surface area contributed by atoms with Crippen LogP contribution in [0.25, 0.3) is 0 Å². The Morgan fingerprint density at radius 1 is 1.50 bits per heavy atom. The van der Waals surface area contributed by atoms with Gasteiger partial charge in [0.15, 0.2) is 0 Å². The largest absolute Gasteiger partial charge is 3.00 e. The summed E-state index contributed by atoms with van der Waals surface area (Å²) in [7, 11) is 1.51. The number of nitrogens with one attached hydrogen (secondary N) is 2. The van der Waals surface area contributed by atoms with E-state index in [1.54, 1.807) is 0 Å². The third-order valence-corrected chi connectivity index (χ3v) is 0.441. The average molecular weight is 367 g/mol. The van der Waals surface area contributed by atoms with Crippen molar-refractivity contribution in [3.05, 3.63) is 27.6 Å². The van der Waals surface area contributed by atoms with E-state index in [0.717, 1.165) is 6.20 Å². The molecule has 0 aliphatic rings. The summed E-state index contributed by atoms with van der Waals surface area (Å²) in [4.78, 5) is 10.1. The fourth-order valence-electron chi connectivity index (χ4n) is 0.148. The van der Waals surface area contributed by atoms with Crippen LogP contribution in [0, 0.1) is 52.5 Å². The Bertz CT molecular complexity index is 85.8. The maximum Gasteiger partial charge on any atom is 3.00 e. The van der Waals surface area contributed by atoms with Crippen molar-refractivity contribution in [1.82, 2.24) is 10.6 Å². The second kappa shape index (κ2) is 16.0. The van der Waals surface area contributed by atoms with Crippen LogP contribution in [0.4, 0.5) is 4.79 Å². The number of hydrogen-bond donors (Lipinski definition) is 2. The van der Waals surface area contributed by atoms with Crippen LogP contribution in [0.15, 0.2) is 6.20 Å². The topological polar surface area (TPSA) is 41.1 Å². The van der Waals surface area contributed by atoms with E-state index in [4.69, 9.17) is 6.58 Å². The molecule has 0 aliphatic carbocycles. The molecule has 0 fully saturated rings. The summed E-state index contributed by atoms with van der Waals surface area (Å²) in [5.41, 5.74) is 0. The number of amides is 2. The van der Waals surface area contributed by atoms with Crippen LogP contribution in [-0.4, -0.2) is 13.1 Å². The van der Waals surface area contributed by atoms with Crippen LogP contribution in [0.1, 0.15) is 0 Å². The second-order valence-corrected chi connectivity index (χ2v) is 0.890. The van der Waals surface area contributed by atoms with Crippen molar-refractivity contribution in [2.24, 2.45) is 0 Å². The van der Waals surface area contributed by atoms with Gasteiger partial charge >= 0.3 is 37.1 Å². The third-order valence-electron chi connectivity index (χ3n) is 0.441. The summed E-state index contributed by atoms with van der Waals surface area (Å²) < 4.78 is 0. The van der Waals surface area contributed by atoms with Gasteiger partial charge in [0, 0.05) is 7.05 Å². The van der Waals surface area contributed by atoms with E-state index >= 15 is 0 Å². The Morgan fingerprint density at radius 2 is 1.90 bits per heavy atom. The molecule has 0 atom stereocenters. The first kappa shape index (κ1) is 22.5. The van der Waals surface area contributed by atoms with Crippen LogP contribution in [0.3, 0.4) is 0 Å². The summed E-state index contributed by atoms with van der Waals surface area (Å²) in [6, 6.07) is -0.303. The zero-order valence-corrected chi connectivity index (χ0v) is 10.7. The molecule has 0 aromatic rings. The van der Waals surface area contributed by atoms with Gasteiger partial charge in [0.25, 0.3) is 0 Å². The Labute approximate surface area is 87.0 Å². The van der Waals surface area contributed by atoms with Gasteiger partial charge in [-0.2, -0.15) is 6.20 Å². The van der Waals surface area contributed by atoms with E-state index in [0.29, 0.717) is 0 Å². The molecule has 0 bridgehead atoms. The minimum Gasteiger partial charge on any atom is -0.497 e. The van der Waals surface area contributed by atoms with Crippen molar-refractivity contribution in [2.45, 2.75) is 0 Å². The van der Waals surface area contributed by atoms with E-state index in [-0.39, 0.29) is 52.0 Å². The maximum atomic E-state index is 10.1. The van der Waals surface area contributed by atoms with Gasteiger partial charge in [-0.3, -0.25) is 0 Å². The van der Waals surface area contributed by atoms with Crippen LogP contribution in [0.5, 0.6) is 0 Å². The van der Waals surface area contributed by atoms with Gasteiger partial charge in [-0.25, -0.2) is 4.79 Å². The van der Waals surface area contributed by atoms with Crippen molar-refractivity contribution in [3.8, 4) is 0 Å². The summed E-state index contributed by atoms with van der Waals surface area (Å²) in [5, 5.41) is 4.50. The molecule has 0 aromatic carbocycles. The van der Waals surface area contributed by atoms with Crippen LogP contribution in [-0.2, 0) is 0 Å². The first-order valence-electron chi connectivity index (χ1n) is 1.83. The third kappa shape index (κ3) is 15.7. The Morgan fingerprint density at radius 3 is 2.00 bits per heavy atom. The number of carbonyl (C=O) groups is 1. The predicted octanol–water partition coefficient (Wildman–Crippen LogP) is 0.763. The summed E-state index contributed by atoms with van der Waals surface area (Å²) in [6.07, 6.45) is 1.07. The molecule has 0 rings (SSSR count). The molecular formula is C6H13N2OU. The van der Waals surface area contributed by atoms with Gasteiger partial charge in [-0.15, -0.1) is 0 Å². The van der Waals surface area contributed by atoms with Gasteiger partial charge < -0.3 is 32.1 Å². The number of urea groups is 1. The van der Waals surface area contributed by atoms with E-state index in [1.165, 1.54) is 7.05 Å². The fourth-order valence-corrected chi connectivity index (χ4v) is 0.148. The molecule has 0 unspecified atom stereocenters. The van der Waals surface area contributed by atoms with Crippen LogP contribution < -0.4 is 10.6 Å². The van der Waals surface area contributed by atoms with E-state index in [1.807, 2.05) is 0 Å². The molecular weight excluding hydrogens is 354 g/mol. The van der Waals surface area contributed by atoms with E-state index < -0.39 is 0 Å². The number of carbonyl (C=O) groups excluding carboxylic acids is 1. The van der Waals surface area contributed by atoms with Crippen LogP contribution >= 0.6 is 0 Å². The van der Waals surface area contributed by atoms with Crippen molar-refractivity contribution >= 4 is 6.03 Å². The first-order valence-corrected chi connectivity index (χ1v) is 1.83. The Hall–Kier alpha value is 0.0619. The number of hydrogen-bond acceptors (Lipinski definition) is 1. The molecule has 1 radical (unpaired) electrons. The molecule has 0 spiro atoms. The minimum absolute atomic E-state index is 0. The summed E-state index contributed by atoms with van der Waals surface area (Å²) in [5.74, 6) is 0. The number of rotatable bonds is 1. The normalized spacial score (nSPS) is 4.90. The smallest absolute Gasteiger partial charge is 0.497 e. The zero-order valence-electron chi connectivity index (χ0n) is 6.56. The second-order valence-electron chi connectivity index (χ2n) is 0.890. The quantitative estimate of drug-likeness (QED) is 0.661. The van der Waals surface area contributed by atoms with Gasteiger partial charge in [-0.1, -0.05) is 0 Å². The standard InChI is InChI=1S/C4H7N2O.2CH3.U/c1-3-6-4(7)5-2;;;/h1,3H,2H3,(H2,5,6,7);2*1H3;/q3*-1;+3. The molecule has 0 aliphatic heterocycles. The molecule has 10 heavy (non-hydrogen) atoms. The molecule has 0 saturated heterocycles. The van der Waals surface area contributed by atoms with Gasteiger partial charge in [-0.05, 0) is 0 Å². The van der Waals surface area contributed by atoms with Crippen LogP contribution in [0.2, 0.25) is 0 Å². The van der Waals surface area contributed by atoms with Gasteiger partial charge in [0.05, 0.1) is 0 Å². The monoisotopic (exact) mass is 367 g/mol. The predicted molar refractivity (Wildman–Crippen MR) is 39.3 cm³/mol. The fraction of sp³-hybridized carbons (Fsp3) is 0.167. The van der Waals surface area contributed by atoms with Crippen molar-refractivity contribution in [1.29, 1.82) is 0 Å². The van der Waals surface area contributed by atoms with Gasteiger partial charge in [0.2, 0.25) is 0 Å². The van der Waals surface area contributed by atoms with Crippen molar-refractivity contribution < 1.29 is 35.9 Å². The molecule has 2 amide bonds. The molecule has 2 N–H and O–H groups in total. The molecule has 0 saturated carbocycles. The Kier molecular flexibility index (Phi) is 36.0. The maximum absolute atomic E-state index is 10.1. The molecule has 57 valence electrons. The van der Waals surface area contributed by atoms with Crippen molar-refractivity contribution in [2.75, 3.05) is 7.05 Å². The molecule has 0 aromatic heterocycles. The zero-order chi connectivity index (χ0) is 5.70. The first-order chi connectivity index (χ1) is 3.31.